The van der Waals surface area contributed by atoms with E-state index in [4.69, 9.17) is 5.73 Å². The van der Waals surface area contributed by atoms with Gasteiger partial charge in [0.25, 0.3) is 0 Å². The SMILES string of the molecule is CC1(N)CCCCC1C(=O)NCc1ccnc(OCC(F)(F)F)c1.Cl.Cl. The molecular formula is C16H24Cl2F3N3O2. The Bertz CT molecular complexity index is 586. The van der Waals surface area contributed by atoms with Crippen molar-refractivity contribution >= 4 is 30.7 Å². The van der Waals surface area contributed by atoms with E-state index in [0.717, 1.165) is 25.7 Å². The van der Waals surface area contributed by atoms with E-state index >= 15 is 0 Å². The van der Waals surface area contributed by atoms with Crippen LogP contribution in [0, 0.1) is 5.92 Å². The molecule has 1 aromatic heterocycles. The number of rotatable bonds is 5. The van der Waals surface area contributed by atoms with Crippen LogP contribution in [0.5, 0.6) is 5.88 Å². The summed E-state index contributed by atoms with van der Waals surface area (Å²) in [5, 5.41) is 2.80. The highest BCUT2D eigenvalue weighted by Crippen LogP contribution is 2.31. The van der Waals surface area contributed by atoms with Crippen molar-refractivity contribution < 1.29 is 22.7 Å². The molecule has 3 N–H and O–H groups in total. The minimum atomic E-state index is -4.42. The lowest BCUT2D eigenvalue weighted by Crippen LogP contribution is -2.52. The van der Waals surface area contributed by atoms with E-state index in [1.165, 1.54) is 12.3 Å². The van der Waals surface area contributed by atoms with Gasteiger partial charge in [-0.25, -0.2) is 4.98 Å². The molecule has 1 amide bonds. The Morgan fingerprint density at radius 2 is 2.12 bits per heavy atom. The van der Waals surface area contributed by atoms with Crippen molar-refractivity contribution in [2.45, 2.75) is 50.9 Å². The minimum Gasteiger partial charge on any atom is -0.468 e. The molecule has 0 aliphatic heterocycles. The standard InChI is InChI=1S/C16H22F3N3O2.2ClH/c1-15(20)6-3-2-4-12(15)14(23)22-9-11-5-7-21-13(8-11)24-10-16(17,18)19;;/h5,7-8,12H,2-4,6,9-10,20H2,1H3,(H,22,23);2*1H. The summed E-state index contributed by atoms with van der Waals surface area (Å²) in [7, 11) is 0. The Morgan fingerprint density at radius 1 is 1.42 bits per heavy atom. The first kappa shape index (κ1) is 24.8. The van der Waals surface area contributed by atoms with E-state index in [-0.39, 0.29) is 49.1 Å². The summed E-state index contributed by atoms with van der Waals surface area (Å²) in [6, 6.07) is 3.00. The number of hydrogen-bond acceptors (Lipinski definition) is 4. The van der Waals surface area contributed by atoms with Crippen molar-refractivity contribution in [3.8, 4) is 5.88 Å². The number of alkyl halides is 3. The molecule has 10 heteroatoms. The van der Waals surface area contributed by atoms with E-state index in [0.29, 0.717) is 5.56 Å². The van der Waals surface area contributed by atoms with Crippen LogP contribution in [0.1, 0.15) is 38.2 Å². The van der Waals surface area contributed by atoms with Crippen molar-refractivity contribution in [2.24, 2.45) is 11.7 Å². The highest BCUT2D eigenvalue weighted by atomic mass is 35.5. The second-order valence-electron chi connectivity index (χ2n) is 6.43. The number of nitrogens with one attached hydrogen (secondary N) is 1. The number of nitrogens with zero attached hydrogens (tertiary/aromatic N) is 1. The number of carbonyl (C=O) groups is 1. The largest absolute Gasteiger partial charge is 0.468 e. The Balaban J connectivity index is 0.00000312. The van der Waals surface area contributed by atoms with Gasteiger partial charge in [-0.15, -0.1) is 24.8 Å². The van der Waals surface area contributed by atoms with E-state index in [1.807, 2.05) is 6.92 Å². The molecule has 1 aromatic rings. The summed E-state index contributed by atoms with van der Waals surface area (Å²) in [5.41, 5.74) is 6.29. The molecule has 0 bridgehead atoms. The number of ether oxygens (including phenoxy) is 1. The highest BCUT2D eigenvalue weighted by molar-refractivity contribution is 5.85. The zero-order valence-electron chi connectivity index (χ0n) is 14.3. The molecule has 0 saturated heterocycles. The van der Waals surface area contributed by atoms with Crippen LogP contribution in [-0.2, 0) is 11.3 Å². The van der Waals surface area contributed by atoms with Gasteiger partial charge in [-0.2, -0.15) is 13.2 Å². The van der Waals surface area contributed by atoms with E-state index in [1.54, 1.807) is 6.07 Å². The number of hydrogen-bond donors (Lipinski definition) is 2. The average Bonchev–Trinajstić information content (AvgIpc) is 2.50. The zero-order valence-corrected chi connectivity index (χ0v) is 16.0. The number of amides is 1. The van der Waals surface area contributed by atoms with Gasteiger partial charge in [0, 0.05) is 24.3 Å². The van der Waals surface area contributed by atoms with E-state index < -0.39 is 18.3 Å². The zero-order chi connectivity index (χ0) is 17.8. The maximum atomic E-state index is 12.3. The highest BCUT2D eigenvalue weighted by Gasteiger charge is 2.37. The molecule has 1 aliphatic carbocycles. The second kappa shape index (κ2) is 10.2. The van der Waals surface area contributed by atoms with Crippen molar-refractivity contribution in [3.05, 3.63) is 23.9 Å². The van der Waals surface area contributed by atoms with Gasteiger partial charge in [-0.3, -0.25) is 4.79 Å². The summed E-state index contributed by atoms with van der Waals surface area (Å²) >= 11 is 0. The molecule has 1 aliphatic rings. The maximum absolute atomic E-state index is 12.3. The van der Waals surface area contributed by atoms with Crippen LogP contribution in [0.3, 0.4) is 0 Å². The first-order chi connectivity index (χ1) is 11.2. The molecule has 0 aromatic carbocycles. The van der Waals surface area contributed by atoms with Crippen LogP contribution < -0.4 is 15.8 Å². The van der Waals surface area contributed by atoms with E-state index in [2.05, 4.69) is 15.0 Å². The predicted octanol–water partition coefficient (Wildman–Crippen LogP) is 3.39. The minimum absolute atomic E-state index is 0. The third kappa shape index (κ3) is 7.55. The van der Waals surface area contributed by atoms with Gasteiger partial charge in [0.1, 0.15) is 0 Å². The first-order valence-corrected chi connectivity index (χ1v) is 7.88. The fourth-order valence-electron chi connectivity index (χ4n) is 2.90. The van der Waals surface area contributed by atoms with Gasteiger partial charge in [0.2, 0.25) is 11.8 Å². The molecule has 2 rings (SSSR count). The summed E-state index contributed by atoms with van der Waals surface area (Å²) in [6.45, 7) is 0.672. The van der Waals surface area contributed by atoms with Crippen molar-refractivity contribution in [1.29, 1.82) is 0 Å². The number of carbonyl (C=O) groups excluding carboxylic acids is 1. The first-order valence-electron chi connectivity index (χ1n) is 7.88. The normalized spacial score (nSPS) is 22.6. The van der Waals surface area contributed by atoms with Crippen LogP contribution in [0.2, 0.25) is 0 Å². The fourth-order valence-corrected chi connectivity index (χ4v) is 2.90. The van der Waals surface area contributed by atoms with Crippen LogP contribution in [0.15, 0.2) is 18.3 Å². The lowest BCUT2D eigenvalue weighted by Gasteiger charge is -2.37. The van der Waals surface area contributed by atoms with Crippen LogP contribution in [0.25, 0.3) is 0 Å². The monoisotopic (exact) mass is 417 g/mol. The Morgan fingerprint density at radius 3 is 2.73 bits per heavy atom. The molecule has 26 heavy (non-hydrogen) atoms. The quantitative estimate of drug-likeness (QED) is 0.769. The van der Waals surface area contributed by atoms with Gasteiger partial charge in [0.05, 0.1) is 5.92 Å². The number of halogens is 5. The average molecular weight is 418 g/mol. The lowest BCUT2D eigenvalue weighted by atomic mass is 9.74. The van der Waals surface area contributed by atoms with E-state index in [9.17, 15) is 18.0 Å². The molecule has 5 nitrogen and oxygen atoms in total. The molecule has 1 fully saturated rings. The fraction of sp³-hybridized carbons (Fsp3) is 0.625. The lowest BCUT2D eigenvalue weighted by molar-refractivity contribution is -0.154. The maximum Gasteiger partial charge on any atom is 0.422 e. The number of pyridine rings is 1. The Labute approximate surface area is 163 Å². The molecule has 0 spiro atoms. The molecule has 1 saturated carbocycles. The Kier molecular flexibility index (Phi) is 9.69. The Hall–Kier alpha value is -1.25. The molecule has 2 atom stereocenters. The van der Waals surface area contributed by atoms with Crippen LogP contribution >= 0.6 is 24.8 Å². The molecule has 150 valence electrons. The summed E-state index contributed by atoms with van der Waals surface area (Å²) in [4.78, 5) is 16.1. The topological polar surface area (TPSA) is 77.2 Å². The van der Waals surface area contributed by atoms with Crippen molar-refractivity contribution in [2.75, 3.05) is 6.61 Å². The second-order valence-corrected chi connectivity index (χ2v) is 6.43. The summed E-state index contributed by atoms with van der Waals surface area (Å²) < 4.78 is 41.1. The van der Waals surface area contributed by atoms with Crippen molar-refractivity contribution in [1.82, 2.24) is 10.3 Å². The molecule has 2 unspecified atom stereocenters. The molecule has 0 radical (unpaired) electrons. The predicted molar refractivity (Wildman–Crippen MR) is 96.7 cm³/mol. The molecule has 1 heterocycles. The molecular weight excluding hydrogens is 394 g/mol. The number of aromatic nitrogens is 1. The number of nitrogens with two attached hydrogens (primary N) is 1. The van der Waals surface area contributed by atoms with Crippen LogP contribution in [0.4, 0.5) is 13.2 Å². The van der Waals surface area contributed by atoms with Crippen LogP contribution in [-0.4, -0.2) is 29.2 Å². The van der Waals surface area contributed by atoms with Gasteiger partial charge in [0.15, 0.2) is 6.61 Å². The van der Waals surface area contributed by atoms with Gasteiger partial charge in [-0.1, -0.05) is 12.8 Å². The third-order valence-electron chi connectivity index (χ3n) is 4.22. The summed E-state index contributed by atoms with van der Waals surface area (Å²) in [6.07, 6.45) is 0.459. The van der Waals surface area contributed by atoms with Gasteiger partial charge >= 0.3 is 6.18 Å². The van der Waals surface area contributed by atoms with Gasteiger partial charge < -0.3 is 15.8 Å². The summed E-state index contributed by atoms with van der Waals surface area (Å²) in [5.74, 6) is -0.510. The van der Waals surface area contributed by atoms with Gasteiger partial charge in [-0.05, 0) is 31.4 Å². The van der Waals surface area contributed by atoms with Crippen molar-refractivity contribution in [3.63, 3.8) is 0 Å². The smallest absolute Gasteiger partial charge is 0.422 e. The third-order valence-corrected chi connectivity index (χ3v) is 4.22.